The van der Waals surface area contributed by atoms with Crippen molar-refractivity contribution in [2.24, 2.45) is 0 Å². The largest absolute Gasteiger partial charge is 0.507 e. The molecule has 33 heavy (non-hydrogen) atoms. The van der Waals surface area contributed by atoms with Gasteiger partial charge in [0.2, 0.25) is 0 Å². The molecular weight excluding hydrogens is 485 g/mol. The number of hydrogen-bond acceptors (Lipinski definition) is 4. The van der Waals surface area contributed by atoms with Crippen LogP contribution in [-0.2, 0) is 9.59 Å². The molecule has 1 unspecified atom stereocenters. The van der Waals surface area contributed by atoms with E-state index in [1.54, 1.807) is 24.3 Å². The molecule has 8 heteroatoms. The number of aryl methyl sites for hydroxylation is 1. The number of ketones is 1. The van der Waals surface area contributed by atoms with Crippen LogP contribution in [0, 0.1) is 6.92 Å². The lowest BCUT2D eigenvalue weighted by Gasteiger charge is -2.27. The molecule has 1 atom stereocenters. The smallest absolute Gasteiger partial charge is 0.300 e. The summed E-state index contributed by atoms with van der Waals surface area (Å²) in [7, 11) is 1.47. The molecule has 3 aromatic rings. The molecule has 4 rings (SSSR count). The fraction of sp³-hybridized carbons (Fsp3) is 0.120. The van der Waals surface area contributed by atoms with E-state index in [0.29, 0.717) is 22.0 Å². The highest BCUT2D eigenvalue weighted by Gasteiger charge is 2.47. The van der Waals surface area contributed by atoms with Crippen molar-refractivity contribution in [3.63, 3.8) is 0 Å². The molecule has 1 aliphatic rings. The number of anilines is 1. The Morgan fingerprint density at radius 2 is 1.67 bits per heavy atom. The van der Waals surface area contributed by atoms with Crippen LogP contribution in [0.1, 0.15) is 22.7 Å². The molecule has 1 fully saturated rings. The van der Waals surface area contributed by atoms with Gasteiger partial charge in [-0.15, -0.1) is 0 Å². The van der Waals surface area contributed by atoms with E-state index in [2.05, 4.69) is 0 Å². The number of nitrogens with zero attached hydrogens (tertiary/aromatic N) is 1. The first-order valence-electron chi connectivity index (χ1n) is 9.90. The molecule has 0 aliphatic carbocycles. The van der Waals surface area contributed by atoms with Crippen LogP contribution in [0.2, 0.25) is 15.1 Å². The number of amides is 1. The lowest BCUT2D eigenvalue weighted by atomic mass is 9.92. The number of aliphatic hydroxyl groups excluding tert-OH is 1. The maximum Gasteiger partial charge on any atom is 0.300 e. The van der Waals surface area contributed by atoms with Gasteiger partial charge in [-0.25, -0.2) is 0 Å². The Labute approximate surface area is 205 Å². The van der Waals surface area contributed by atoms with Gasteiger partial charge < -0.3 is 9.84 Å². The molecule has 5 nitrogen and oxygen atoms in total. The third kappa shape index (κ3) is 4.08. The minimum atomic E-state index is -0.885. The third-order valence-corrected chi connectivity index (χ3v) is 6.57. The summed E-state index contributed by atoms with van der Waals surface area (Å²) >= 11 is 18.5. The monoisotopic (exact) mass is 501 g/mol. The van der Waals surface area contributed by atoms with Crippen LogP contribution >= 0.6 is 34.8 Å². The van der Waals surface area contributed by atoms with E-state index < -0.39 is 17.7 Å². The molecule has 0 spiro atoms. The number of ether oxygens (including phenoxy) is 1. The summed E-state index contributed by atoms with van der Waals surface area (Å²) in [5, 5.41) is 12.0. The zero-order chi connectivity index (χ0) is 23.9. The second-order valence-corrected chi connectivity index (χ2v) is 8.70. The molecule has 0 radical (unpaired) electrons. The molecule has 3 aromatic carbocycles. The van der Waals surface area contributed by atoms with Crippen LogP contribution in [0.5, 0.6) is 5.75 Å². The molecule has 1 aliphatic heterocycles. The number of methoxy groups -OCH3 is 1. The van der Waals surface area contributed by atoms with Gasteiger partial charge in [0.25, 0.3) is 11.7 Å². The number of aliphatic hydroxyl groups is 1. The molecule has 0 bridgehead atoms. The first-order valence-corrected chi connectivity index (χ1v) is 11.0. The van der Waals surface area contributed by atoms with Crippen molar-refractivity contribution < 1.29 is 19.4 Å². The standard InChI is InChI=1S/C25H18Cl3NO4/c1-13-5-3-4-6-16(13)22-21(23(30)14-7-10-20(33-2)19(28)11-14)24(31)25(32)29(22)15-8-9-17(26)18(27)12-15/h3-12,22,30H,1-2H3/b23-21+. The van der Waals surface area contributed by atoms with Crippen molar-refractivity contribution in [1.29, 1.82) is 0 Å². The van der Waals surface area contributed by atoms with E-state index in [0.717, 1.165) is 5.56 Å². The quantitative estimate of drug-likeness (QED) is 0.248. The van der Waals surface area contributed by atoms with Crippen molar-refractivity contribution in [1.82, 2.24) is 0 Å². The molecule has 0 saturated carbocycles. The molecule has 1 heterocycles. The second-order valence-electron chi connectivity index (χ2n) is 7.47. The molecule has 1 amide bonds. The van der Waals surface area contributed by atoms with Crippen molar-refractivity contribution in [3.05, 3.63) is 98.0 Å². The maximum absolute atomic E-state index is 13.2. The predicted octanol–water partition coefficient (Wildman–Crippen LogP) is 6.59. The summed E-state index contributed by atoms with van der Waals surface area (Å²) in [4.78, 5) is 27.8. The predicted molar refractivity (Wildman–Crippen MR) is 130 cm³/mol. The lowest BCUT2D eigenvalue weighted by molar-refractivity contribution is -0.132. The number of Topliss-reactive ketones (excluding diaryl/α,β-unsaturated/α-hetero) is 1. The number of carbonyl (C=O) groups excluding carboxylic acids is 2. The average Bonchev–Trinajstić information content (AvgIpc) is 3.06. The number of hydrogen-bond donors (Lipinski definition) is 1. The van der Waals surface area contributed by atoms with E-state index >= 15 is 0 Å². The van der Waals surface area contributed by atoms with Crippen molar-refractivity contribution in [3.8, 4) is 5.75 Å². The van der Waals surface area contributed by atoms with Crippen LogP contribution in [0.15, 0.2) is 66.2 Å². The Hall–Kier alpha value is -2.99. The van der Waals surface area contributed by atoms with Crippen LogP contribution in [0.3, 0.4) is 0 Å². The van der Waals surface area contributed by atoms with Gasteiger partial charge >= 0.3 is 0 Å². The summed E-state index contributed by atoms with van der Waals surface area (Å²) in [5.41, 5.74) is 2.14. The van der Waals surface area contributed by atoms with Gasteiger partial charge in [0.15, 0.2) is 0 Å². The van der Waals surface area contributed by atoms with Crippen LogP contribution < -0.4 is 9.64 Å². The Morgan fingerprint density at radius 1 is 0.939 bits per heavy atom. The first-order chi connectivity index (χ1) is 15.7. The van der Waals surface area contributed by atoms with Crippen LogP contribution in [0.4, 0.5) is 5.69 Å². The zero-order valence-electron chi connectivity index (χ0n) is 17.6. The first kappa shape index (κ1) is 23.2. The summed E-state index contributed by atoms with van der Waals surface area (Å²) in [5.74, 6) is -1.53. The Balaban J connectivity index is 1.97. The highest BCUT2D eigenvalue weighted by atomic mass is 35.5. The highest BCUT2D eigenvalue weighted by molar-refractivity contribution is 6.52. The topological polar surface area (TPSA) is 66.8 Å². The van der Waals surface area contributed by atoms with E-state index in [4.69, 9.17) is 39.5 Å². The molecule has 168 valence electrons. The fourth-order valence-corrected chi connectivity index (χ4v) is 4.44. The fourth-order valence-electron chi connectivity index (χ4n) is 3.89. The average molecular weight is 503 g/mol. The number of rotatable bonds is 4. The van der Waals surface area contributed by atoms with E-state index in [1.165, 1.54) is 24.1 Å². The Kier molecular flexibility index (Phi) is 6.39. The van der Waals surface area contributed by atoms with Crippen molar-refractivity contribution >= 4 is 57.9 Å². The van der Waals surface area contributed by atoms with Gasteiger partial charge in [-0.05, 0) is 54.4 Å². The number of halogens is 3. The Morgan fingerprint density at radius 3 is 2.30 bits per heavy atom. The lowest BCUT2D eigenvalue weighted by Crippen LogP contribution is -2.29. The second kappa shape index (κ2) is 9.10. The summed E-state index contributed by atoms with van der Waals surface area (Å²) in [6, 6.07) is 15.8. The van der Waals surface area contributed by atoms with Crippen LogP contribution in [0.25, 0.3) is 5.76 Å². The van der Waals surface area contributed by atoms with Gasteiger partial charge in [-0.1, -0.05) is 59.1 Å². The van der Waals surface area contributed by atoms with Crippen molar-refractivity contribution in [2.75, 3.05) is 12.0 Å². The SMILES string of the molecule is COc1ccc(/C(O)=C2\C(=O)C(=O)N(c3ccc(Cl)c(Cl)c3)C2c2ccccc2C)cc1Cl. The van der Waals surface area contributed by atoms with Gasteiger partial charge in [0.1, 0.15) is 11.5 Å². The highest BCUT2D eigenvalue weighted by Crippen LogP contribution is 2.44. The summed E-state index contributed by atoms with van der Waals surface area (Å²) in [6.45, 7) is 1.87. The number of benzene rings is 3. The molecular formula is C25H18Cl3NO4. The molecule has 1 N–H and O–H groups in total. The minimum absolute atomic E-state index is 0.0541. The summed E-state index contributed by atoms with van der Waals surface area (Å²) in [6.07, 6.45) is 0. The zero-order valence-corrected chi connectivity index (χ0v) is 19.9. The summed E-state index contributed by atoms with van der Waals surface area (Å²) < 4.78 is 5.16. The number of carbonyl (C=O) groups is 2. The van der Waals surface area contributed by atoms with Gasteiger partial charge in [-0.3, -0.25) is 14.5 Å². The Bertz CT molecular complexity index is 1320. The third-order valence-electron chi connectivity index (χ3n) is 5.53. The minimum Gasteiger partial charge on any atom is -0.507 e. The van der Waals surface area contributed by atoms with Crippen molar-refractivity contribution in [2.45, 2.75) is 13.0 Å². The van der Waals surface area contributed by atoms with E-state index in [-0.39, 0.29) is 26.9 Å². The van der Waals surface area contributed by atoms with Crippen LogP contribution in [-0.4, -0.2) is 23.9 Å². The maximum atomic E-state index is 13.2. The van der Waals surface area contributed by atoms with E-state index in [9.17, 15) is 14.7 Å². The van der Waals surface area contributed by atoms with E-state index in [1.807, 2.05) is 31.2 Å². The van der Waals surface area contributed by atoms with Gasteiger partial charge in [0, 0.05) is 11.3 Å². The molecule has 1 saturated heterocycles. The van der Waals surface area contributed by atoms with Gasteiger partial charge in [0.05, 0.1) is 33.8 Å². The van der Waals surface area contributed by atoms with Gasteiger partial charge in [-0.2, -0.15) is 0 Å². The normalized spacial score (nSPS) is 17.5. The molecule has 0 aromatic heterocycles.